The van der Waals surface area contributed by atoms with E-state index in [0.29, 0.717) is 0 Å². The van der Waals surface area contributed by atoms with Gasteiger partial charge >= 0.3 is 5.69 Å². The van der Waals surface area contributed by atoms with Crippen molar-refractivity contribution < 1.29 is 4.79 Å². The van der Waals surface area contributed by atoms with Crippen molar-refractivity contribution in [3.63, 3.8) is 0 Å². The number of hydrogen-bond donors (Lipinski definition) is 2. The number of anilines is 1. The highest BCUT2D eigenvalue weighted by atomic mass is 79.9. The van der Waals surface area contributed by atoms with E-state index in [4.69, 9.17) is 0 Å². The third-order valence-electron chi connectivity index (χ3n) is 3.45. The second-order valence-electron chi connectivity index (χ2n) is 5.04. The van der Waals surface area contributed by atoms with E-state index in [1.807, 2.05) is 49.4 Å². The number of aryl methyl sites for hydroxylation is 1. The van der Waals surface area contributed by atoms with E-state index >= 15 is 0 Å². The summed E-state index contributed by atoms with van der Waals surface area (Å²) in [5.74, 6) is -0.239. The summed E-state index contributed by atoms with van der Waals surface area (Å²) in [4.78, 5) is 26.9. The van der Waals surface area contributed by atoms with Crippen molar-refractivity contribution in [2.75, 3.05) is 5.32 Å². The molecule has 112 valence electrons. The first-order chi connectivity index (χ1) is 10.5. The Balaban J connectivity index is 1.84. The van der Waals surface area contributed by atoms with Crippen LogP contribution < -0.4 is 11.0 Å². The molecule has 0 aliphatic rings. The van der Waals surface area contributed by atoms with Crippen LogP contribution in [0.15, 0.2) is 51.7 Å². The van der Waals surface area contributed by atoms with Gasteiger partial charge in [0.25, 0.3) is 0 Å². The first-order valence-corrected chi connectivity index (χ1v) is 7.57. The predicted molar refractivity (Wildman–Crippen MR) is 90.1 cm³/mol. The quantitative estimate of drug-likeness (QED) is 0.754. The van der Waals surface area contributed by atoms with Crippen molar-refractivity contribution in [3.05, 3.63) is 63.0 Å². The van der Waals surface area contributed by atoms with E-state index in [1.165, 1.54) is 4.57 Å². The number of H-pyrrole nitrogens is 1. The van der Waals surface area contributed by atoms with Crippen LogP contribution >= 0.6 is 15.9 Å². The standard InChI is InChI=1S/C16H14BrN3O2/c1-10-8-11(17)6-7-12(10)18-15(21)9-20-14-5-3-2-4-13(14)19-16(20)22/h2-8H,9H2,1H3,(H,18,21)(H,19,22). The predicted octanol–water partition coefficient (Wildman–Crippen LogP) is 3.04. The van der Waals surface area contributed by atoms with Crippen molar-refractivity contribution in [1.29, 1.82) is 0 Å². The molecule has 0 unspecified atom stereocenters. The van der Waals surface area contributed by atoms with Gasteiger partial charge in [0.2, 0.25) is 5.91 Å². The van der Waals surface area contributed by atoms with Crippen LogP contribution in [0, 0.1) is 6.92 Å². The lowest BCUT2D eigenvalue weighted by molar-refractivity contribution is -0.116. The van der Waals surface area contributed by atoms with Gasteiger partial charge in [-0.05, 0) is 42.8 Å². The topological polar surface area (TPSA) is 66.9 Å². The molecule has 5 nitrogen and oxygen atoms in total. The highest BCUT2D eigenvalue weighted by Gasteiger charge is 2.11. The first-order valence-electron chi connectivity index (χ1n) is 6.78. The smallest absolute Gasteiger partial charge is 0.324 e. The molecular weight excluding hydrogens is 346 g/mol. The number of amides is 1. The number of halogens is 1. The molecular formula is C16H14BrN3O2. The van der Waals surface area contributed by atoms with Gasteiger partial charge in [-0.3, -0.25) is 9.36 Å². The van der Waals surface area contributed by atoms with Crippen molar-refractivity contribution in [3.8, 4) is 0 Å². The maximum atomic E-state index is 12.2. The number of aromatic nitrogens is 2. The third-order valence-corrected chi connectivity index (χ3v) is 3.94. The fourth-order valence-electron chi connectivity index (χ4n) is 2.36. The van der Waals surface area contributed by atoms with Gasteiger partial charge in [-0.25, -0.2) is 4.79 Å². The van der Waals surface area contributed by atoms with Gasteiger partial charge in [0.1, 0.15) is 6.54 Å². The van der Waals surface area contributed by atoms with E-state index in [-0.39, 0.29) is 18.1 Å². The molecule has 0 fully saturated rings. The van der Waals surface area contributed by atoms with E-state index < -0.39 is 0 Å². The van der Waals surface area contributed by atoms with Gasteiger partial charge in [-0.2, -0.15) is 0 Å². The fraction of sp³-hybridized carbons (Fsp3) is 0.125. The SMILES string of the molecule is Cc1cc(Br)ccc1NC(=O)Cn1c(=O)[nH]c2ccccc21. The molecule has 0 atom stereocenters. The Morgan fingerprint density at radius 2 is 2.05 bits per heavy atom. The zero-order chi connectivity index (χ0) is 15.7. The van der Waals surface area contributed by atoms with Crippen molar-refractivity contribution >= 4 is 38.6 Å². The summed E-state index contributed by atoms with van der Waals surface area (Å²) in [6.07, 6.45) is 0. The number of carbonyl (C=O) groups excluding carboxylic acids is 1. The lowest BCUT2D eigenvalue weighted by atomic mass is 10.2. The molecule has 0 saturated heterocycles. The zero-order valence-corrected chi connectivity index (χ0v) is 13.5. The Morgan fingerprint density at radius 1 is 1.27 bits per heavy atom. The number of fused-ring (bicyclic) bond motifs is 1. The molecule has 2 aromatic carbocycles. The minimum Gasteiger partial charge on any atom is -0.324 e. The minimum atomic E-state index is -0.288. The second-order valence-corrected chi connectivity index (χ2v) is 5.96. The van der Waals surface area contributed by atoms with Crippen LogP contribution in [0.2, 0.25) is 0 Å². The summed E-state index contributed by atoms with van der Waals surface area (Å²) in [6.45, 7) is 1.89. The molecule has 1 aromatic heterocycles. The summed E-state index contributed by atoms with van der Waals surface area (Å²) in [5, 5.41) is 2.83. The highest BCUT2D eigenvalue weighted by Crippen LogP contribution is 2.20. The lowest BCUT2D eigenvalue weighted by Crippen LogP contribution is -2.26. The van der Waals surface area contributed by atoms with Gasteiger partial charge in [-0.15, -0.1) is 0 Å². The summed E-state index contributed by atoms with van der Waals surface area (Å²) in [7, 11) is 0. The van der Waals surface area contributed by atoms with Crippen molar-refractivity contribution in [1.82, 2.24) is 9.55 Å². The van der Waals surface area contributed by atoms with Gasteiger partial charge in [0.05, 0.1) is 11.0 Å². The van der Waals surface area contributed by atoms with E-state index in [0.717, 1.165) is 26.8 Å². The molecule has 22 heavy (non-hydrogen) atoms. The third kappa shape index (κ3) is 2.82. The van der Waals surface area contributed by atoms with E-state index in [1.54, 1.807) is 0 Å². The van der Waals surface area contributed by atoms with Crippen LogP contribution in [0.5, 0.6) is 0 Å². The lowest BCUT2D eigenvalue weighted by Gasteiger charge is -2.09. The first kappa shape index (κ1) is 14.6. The summed E-state index contributed by atoms with van der Waals surface area (Å²) in [6, 6.07) is 12.9. The monoisotopic (exact) mass is 359 g/mol. The molecule has 0 aliphatic carbocycles. The van der Waals surface area contributed by atoms with Crippen molar-refractivity contribution in [2.24, 2.45) is 0 Å². The van der Waals surface area contributed by atoms with E-state index in [9.17, 15) is 9.59 Å². The maximum Gasteiger partial charge on any atom is 0.326 e. The number of benzene rings is 2. The molecule has 0 radical (unpaired) electrons. The van der Waals surface area contributed by atoms with Gasteiger partial charge in [0, 0.05) is 10.2 Å². The minimum absolute atomic E-state index is 0.0294. The Bertz CT molecular complexity index is 911. The molecule has 6 heteroatoms. The Hall–Kier alpha value is -2.34. The molecule has 1 heterocycles. The number of aromatic amines is 1. The highest BCUT2D eigenvalue weighted by molar-refractivity contribution is 9.10. The molecule has 0 aliphatic heterocycles. The number of hydrogen-bond acceptors (Lipinski definition) is 2. The summed E-state index contributed by atoms with van der Waals surface area (Å²) < 4.78 is 2.38. The number of nitrogens with zero attached hydrogens (tertiary/aromatic N) is 1. The fourth-order valence-corrected chi connectivity index (χ4v) is 2.84. The zero-order valence-electron chi connectivity index (χ0n) is 11.9. The molecule has 0 bridgehead atoms. The van der Waals surface area contributed by atoms with Crippen LogP contribution in [0.3, 0.4) is 0 Å². The Kier molecular flexibility index (Phi) is 3.85. The van der Waals surface area contributed by atoms with Crippen LogP contribution in [0.1, 0.15) is 5.56 Å². The average molecular weight is 360 g/mol. The molecule has 1 amide bonds. The molecule has 3 rings (SSSR count). The largest absolute Gasteiger partial charge is 0.326 e. The van der Waals surface area contributed by atoms with Gasteiger partial charge in [0.15, 0.2) is 0 Å². The normalized spacial score (nSPS) is 10.8. The van der Waals surface area contributed by atoms with Crippen LogP contribution in [0.4, 0.5) is 5.69 Å². The Labute approximate surface area is 135 Å². The maximum absolute atomic E-state index is 12.2. The summed E-state index contributed by atoms with van der Waals surface area (Å²) >= 11 is 3.39. The van der Waals surface area contributed by atoms with E-state index in [2.05, 4.69) is 26.2 Å². The summed E-state index contributed by atoms with van der Waals surface area (Å²) in [5.41, 5.74) is 2.84. The molecule has 2 N–H and O–H groups in total. The van der Waals surface area contributed by atoms with Crippen LogP contribution in [-0.2, 0) is 11.3 Å². The number of rotatable bonds is 3. The second kappa shape index (κ2) is 5.81. The average Bonchev–Trinajstić information content (AvgIpc) is 2.78. The van der Waals surface area contributed by atoms with Crippen LogP contribution in [-0.4, -0.2) is 15.5 Å². The Morgan fingerprint density at radius 3 is 2.82 bits per heavy atom. The molecule has 0 spiro atoms. The number of nitrogens with one attached hydrogen (secondary N) is 2. The molecule has 3 aromatic rings. The number of imidazole rings is 1. The van der Waals surface area contributed by atoms with Gasteiger partial charge < -0.3 is 10.3 Å². The van der Waals surface area contributed by atoms with Crippen molar-refractivity contribution in [2.45, 2.75) is 13.5 Å². The number of carbonyl (C=O) groups is 1. The number of para-hydroxylation sites is 2. The molecule has 0 saturated carbocycles. The van der Waals surface area contributed by atoms with Gasteiger partial charge in [-0.1, -0.05) is 28.1 Å². The van der Waals surface area contributed by atoms with Crippen LogP contribution in [0.25, 0.3) is 11.0 Å².